The summed E-state index contributed by atoms with van der Waals surface area (Å²) in [5, 5.41) is 3.19. The molecule has 1 fully saturated rings. The van der Waals surface area contributed by atoms with Gasteiger partial charge in [-0.15, -0.1) is 0 Å². The first-order chi connectivity index (χ1) is 8.87. The van der Waals surface area contributed by atoms with Crippen LogP contribution < -0.4 is 5.32 Å². The molecule has 0 heterocycles. The number of hydrogen-bond acceptors (Lipinski definition) is 1. The zero-order valence-corrected chi connectivity index (χ0v) is 13.5. The van der Waals surface area contributed by atoms with Gasteiger partial charge < -0.3 is 5.32 Å². The molecule has 1 N–H and O–H groups in total. The van der Waals surface area contributed by atoms with Crippen molar-refractivity contribution < 1.29 is 4.79 Å². The molecular weight excluding hydrogens is 302 g/mol. The van der Waals surface area contributed by atoms with Gasteiger partial charge in [-0.2, -0.15) is 0 Å². The molecule has 0 aliphatic heterocycles. The van der Waals surface area contributed by atoms with Crippen LogP contribution >= 0.6 is 15.9 Å². The molecule has 0 radical (unpaired) electrons. The van der Waals surface area contributed by atoms with Gasteiger partial charge in [0.25, 0.3) is 5.91 Å². The third kappa shape index (κ3) is 3.82. The van der Waals surface area contributed by atoms with Crippen LogP contribution in [0.5, 0.6) is 0 Å². The molecule has 0 unspecified atom stereocenters. The standard InChI is InChI=1S/C16H22BrNO/c1-11-8-12(10-16(2,3)9-11)18-15(19)13-6-4-5-7-14(13)17/h4-7,11-12H,8-10H2,1-3H3,(H,18,19)/t11-,12+/m1/s1. The second kappa shape index (κ2) is 5.66. The first kappa shape index (κ1) is 14.6. The quantitative estimate of drug-likeness (QED) is 0.859. The number of nitrogens with one attached hydrogen (secondary N) is 1. The van der Waals surface area contributed by atoms with E-state index in [-0.39, 0.29) is 5.91 Å². The molecule has 2 nitrogen and oxygen atoms in total. The van der Waals surface area contributed by atoms with Gasteiger partial charge in [0, 0.05) is 10.5 Å². The SMILES string of the molecule is C[C@@H]1C[C@H](NC(=O)c2ccccc2Br)CC(C)(C)C1. The number of benzene rings is 1. The van der Waals surface area contributed by atoms with E-state index < -0.39 is 0 Å². The Balaban J connectivity index is 2.05. The van der Waals surface area contributed by atoms with Gasteiger partial charge in [0.2, 0.25) is 0 Å². The van der Waals surface area contributed by atoms with Crippen molar-refractivity contribution in [3.05, 3.63) is 34.3 Å². The molecule has 1 aliphatic carbocycles. The molecule has 1 aromatic rings. The molecule has 2 atom stereocenters. The molecule has 3 heteroatoms. The second-order valence-corrected chi connectivity index (χ2v) is 7.42. The molecule has 0 aromatic heterocycles. The maximum Gasteiger partial charge on any atom is 0.252 e. The van der Waals surface area contributed by atoms with Crippen molar-refractivity contribution in [1.82, 2.24) is 5.32 Å². The summed E-state index contributed by atoms with van der Waals surface area (Å²) in [4.78, 5) is 12.3. The van der Waals surface area contributed by atoms with Gasteiger partial charge >= 0.3 is 0 Å². The summed E-state index contributed by atoms with van der Waals surface area (Å²) in [6, 6.07) is 7.87. The first-order valence-electron chi connectivity index (χ1n) is 6.93. The highest BCUT2D eigenvalue weighted by molar-refractivity contribution is 9.10. The van der Waals surface area contributed by atoms with Gasteiger partial charge in [-0.3, -0.25) is 4.79 Å². The maximum atomic E-state index is 12.3. The normalized spacial score (nSPS) is 25.9. The molecular formula is C16H22BrNO. The minimum atomic E-state index is 0.0300. The first-order valence-corrected chi connectivity index (χ1v) is 7.72. The van der Waals surface area contributed by atoms with Crippen LogP contribution in [0.15, 0.2) is 28.7 Å². The predicted molar refractivity (Wildman–Crippen MR) is 82.2 cm³/mol. The lowest BCUT2D eigenvalue weighted by atomic mass is 9.70. The maximum absolute atomic E-state index is 12.3. The van der Waals surface area contributed by atoms with E-state index in [9.17, 15) is 4.79 Å². The number of carbonyl (C=O) groups is 1. The average Bonchev–Trinajstić information content (AvgIpc) is 2.26. The van der Waals surface area contributed by atoms with E-state index in [0.717, 1.165) is 22.9 Å². The van der Waals surface area contributed by atoms with Crippen LogP contribution in [-0.2, 0) is 0 Å². The third-order valence-corrected chi connectivity index (χ3v) is 4.53. The molecule has 2 rings (SSSR count). The fourth-order valence-electron chi connectivity index (χ4n) is 3.36. The zero-order valence-electron chi connectivity index (χ0n) is 11.9. The van der Waals surface area contributed by atoms with Gasteiger partial charge in [0.1, 0.15) is 0 Å². The van der Waals surface area contributed by atoms with E-state index in [1.807, 2.05) is 24.3 Å². The Kier molecular flexibility index (Phi) is 4.34. The van der Waals surface area contributed by atoms with Gasteiger partial charge in [-0.1, -0.05) is 32.9 Å². The number of amides is 1. The Bertz CT molecular complexity index is 470. The van der Waals surface area contributed by atoms with Crippen LogP contribution in [0.4, 0.5) is 0 Å². The number of hydrogen-bond donors (Lipinski definition) is 1. The highest BCUT2D eigenvalue weighted by atomic mass is 79.9. The highest BCUT2D eigenvalue weighted by Gasteiger charge is 2.32. The van der Waals surface area contributed by atoms with Crippen molar-refractivity contribution in [3.8, 4) is 0 Å². The van der Waals surface area contributed by atoms with E-state index in [1.54, 1.807) is 0 Å². The topological polar surface area (TPSA) is 29.1 Å². The number of carbonyl (C=O) groups excluding carboxylic acids is 1. The number of rotatable bonds is 2. The van der Waals surface area contributed by atoms with E-state index in [0.29, 0.717) is 17.4 Å². The summed E-state index contributed by atoms with van der Waals surface area (Å²) in [5.74, 6) is 0.704. The molecule has 0 saturated heterocycles. The lowest BCUT2D eigenvalue weighted by Gasteiger charge is -2.39. The summed E-state index contributed by atoms with van der Waals surface area (Å²) < 4.78 is 0.857. The molecule has 19 heavy (non-hydrogen) atoms. The summed E-state index contributed by atoms with van der Waals surface area (Å²) >= 11 is 3.44. The largest absolute Gasteiger partial charge is 0.349 e. The Morgan fingerprint density at radius 2 is 2.00 bits per heavy atom. The van der Waals surface area contributed by atoms with E-state index in [2.05, 4.69) is 42.0 Å². The molecule has 1 aromatic carbocycles. The zero-order chi connectivity index (χ0) is 14.0. The Morgan fingerprint density at radius 3 is 2.63 bits per heavy atom. The lowest BCUT2D eigenvalue weighted by molar-refractivity contribution is 0.0873. The van der Waals surface area contributed by atoms with Crippen LogP contribution in [0.1, 0.15) is 50.4 Å². The molecule has 1 amide bonds. The molecule has 104 valence electrons. The minimum Gasteiger partial charge on any atom is -0.349 e. The van der Waals surface area contributed by atoms with E-state index in [1.165, 1.54) is 6.42 Å². The highest BCUT2D eigenvalue weighted by Crippen LogP contribution is 2.38. The monoisotopic (exact) mass is 323 g/mol. The van der Waals surface area contributed by atoms with Crippen molar-refractivity contribution in [2.45, 2.75) is 46.1 Å². The van der Waals surface area contributed by atoms with Gasteiger partial charge in [0.15, 0.2) is 0 Å². The van der Waals surface area contributed by atoms with Crippen LogP contribution in [0.25, 0.3) is 0 Å². The third-order valence-electron chi connectivity index (χ3n) is 3.84. The Morgan fingerprint density at radius 1 is 1.32 bits per heavy atom. The average molecular weight is 324 g/mol. The molecule has 0 spiro atoms. The van der Waals surface area contributed by atoms with Gasteiger partial charge in [-0.05, 0) is 58.7 Å². The Hall–Kier alpha value is -0.830. The molecule has 1 saturated carbocycles. The van der Waals surface area contributed by atoms with Crippen molar-refractivity contribution >= 4 is 21.8 Å². The lowest BCUT2D eigenvalue weighted by Crippen LogP contribution is -2.43. The summed E-state index contributed by atoms with van der Waals surface area (Å²) in [5.41, 5.74) is 1.04. The molecule has 1 aliphatic rings. The van der Waals surface area contributed by atoms with Crippen LogP contribution in [0.3, 0.4) is 0 Å². The van der Waals surface area contributed by atoms with E-state index in [4.69, 9.17) is 0 Å². The smallest absolute Gasteiger partial charge is 0.252 e. The summed E-state index contributed by atoms with van der Waals surface area (Å²) in [7, 11) is 0. The second-order valence-electron chi connectivity index (χ2n) is 6.56. The van der Waals surface area contributed by atoms with Gasteiger partial charge in [0.05, 0.1) is 5.56 Å². The number of halogens is 1. The summed E-state index contributed by atoms with van der Waals surface area (Å²) in [6.07, 6.45) is 3.39. The fraction of sp³-hybridized carbons (Fsp3) is 0.562. The minimum absolute atomic E-state index is 0.0300. The van der Waals surface area contributed by atoms with Crippen LogP contribution in [0, 0.1) is 11.3 Å². The van der Waals surface area contributed by atoms with Gasteiger partial charge in [-0.25, -0.2) is 0 Å². The van der Waals surface area contributed by atoms with Crippen molar-refractivity contribution in [2.24, 2.45) is 11.3 Å². The van der Waals surface area contributed by atoms with Crippen LogP contribution in [-0.4, -0.2) is 11.9 Å². The molecule has 0 bridgehead atoms. The van der Waals surface area contributed by atoms with E-state index >= 15 is 0 Å². The summed E-state index contributed by atoms with van der Waals surface area (Å²) in [6.45, 7) is 6.86. The predicted octanol–water partition coefficient (Wildman–Crippen LogP) is 4.39. The Labute approximate surface area is 124 Å². The van der Waals surface area contributed by atoms with Crippen molar-refractivity contribution in [3.63, 3.8) is 0 Å². The van der Waals surface area contributed by atoms with Crippen molar-refractivity contribution in [2.75, 3.05) is 0 Å². The fourth-order valence-corrected chi connectivity index (χ4v) is 3.83. The van der Waals surface area contributed by atoms with Crippen molar-refractivity contribution in [1.29, 1.82) is 0 Å². The van der Waals surface area contributed by atoms with Crippen LogP contribution in [0.2, 0.25) is 0 Å².